The highest BCUT2D eigenvalue weighted by atomic mass is 79.9. The molecule has 21 heavy (non-hydrogen) atoms. The first-order chi connectivity index (χ1) is 9.87. The summed E-state index contributed by atoms with van der Waals surface area (Å²) < 4.78 is 27.7. The minimum atomic E-state index is -3.43. The lowest BCUT2D eigenvalue weighted by Gasteiger charge is -2.14. The highest BCUT2D eigenvalue weighted by molar-refractivity contribution is 9.10. The van der Waals surface area contributed by atoms with Crippen molar-refractivity contribution in [2.45, 2.75) is 12.8 Å². The Kier molecular flexibility index (Phi) is 4.90. The number of halogens is 1. The highest BCUT2D eigenvalue weighted by Gasteiger charge is 2.17. The Morgan fingerprint density at radius 3 is 2.48 bits per heavy atom. The summed E-state index contributed by atoms with van der Waals surface area (Å²) in [7, 11) is -3.43. The number of sulfonamides is 1. The van der Waals surface area contributed by atoms with Crippen molar-refractivity contribution >= 4 is 37.3 Å². The minimum absolute atomic E-state index is 0.0208. The summed E-state index contributed by atoms with van der Waals surface area (Å²) in [6.07, 6.45) is 0. The Hall–Kier alpha value is -1.53. The van der Waals surface area contributed by atoms with E-state index in [2.05, 4.69) is 20.7 Å². The van der Waals surface area contributed by atoms with Crippen LogP contribution >= 0.6 is 15.9 Å². The SMILES string of the molecule is CC(CS(=O)(=O)Nc1ccc(Br)c(N)c1)c1ccccc1. The molecule has 0 radical (unpaired) electrons. The van der Waals surface area contributed by atoms with Crippen LogP contribution in [0.1, 0.15) is 18.4 Å². The molecular weight excluding hydrogens is 352 g/mol. The van der Waals surface area contributed by atoms with Gasteiger partial charge >= 0.3 is 0 Å². The molecule has 0 aliphatic heterocycles. The molecule has 0 aromatic heterocycles. The molecule has 3 N–H and O–H groups in total. The van der Waals surface area contributed by atoms with Gasteiger partial charge < -0.3 is 5.73 Å². The minimum Gasteiger partial charge on any atom is -0.398 e. The molecule has 0 spiro atoms. The van der Waals surface area contributed by atoms with Gasteiger partial charge in [-0.3, -0.25) is 4.72 Å². The molecule has 6 heteroatoms. The van der Waals surface area contributed by atoms with E-state index in [1.807, 2.05) is 37.3 Å². The van der Waals surface area contributed by atoms with E-state index in [1.165, 1.54) is 0 Å². The number of hydrogen-bond donors (Lipinski definition) is 2. The van der Waals surface area contributed by atoms with E-state index in [0.29, 0.717) is 11.4 Å². The van der Waals surface area contributed by atoms with Crippen molar-refractivity contribution in [3.8, 4) is 0 Å². The fourth-order valence-corrected chi connectivity index (χ4v) is 3.70. The van der Waals surface area contributed by atoms with Gasteiger partial charge in [0, 0.05) is 10.2 Å². The van der Waals surface area contributed by atoms with E-state index in [4.69, 9.17) is 5.73 Å². The number of benzene rings is 2. The first kappa shape index (κ1) is 15.9. The third-order valence-corrected chi connectivity index (χ3v) is 5.32. The molecule has 0 bridgehead atoms. The molecule has 4 nitrogen and oxygen atoms in total. The third-order valence-electron chi connectivity index (χ3n) is 3.11. The monoisotopic (exact) mass is 368 g/mol. The van der Waals surface area contributed by atoms with Crippen LogP contribution in [-0.4, -0.2) is 14.2 Å². The zero-order chi connectivity index (χ0) is 15.5. The van der Waals surface area contributed by atoms with Crippen molar-refractivity contribution in [3.05, 3.63) is 58.6 Å². The number of anilines is 2. The molecule has 2 aromatic carbocycles. The zero-order valence-corrected chi connectivity index (χ0v) is 14.0. The molecule has 0 aliphatic carbocycles. The number of hydrogen-bond acceptors (Lipinski definition) is 3. The van der Waals surface area contributed by atoms with Crippen LogP contribution in [0.25, 0.3) is 0 Å². The van der Waals surface area contributed by atoms with E-state index in [0.717, 1.165) is 10.0 Å². The second-order valence-electron chi connectivity index (χ2n) is 4.93. The number of rotatable bonds is 5. The predicted molar refractivity (Wildman–Crippen MR) is 90.8 cm³/mol. The Labute approximate surface area is 133 Å². The lowest BCUT2D eigenvalue weighted by Crippen LogP contribution is -2.20. The van der Waals surface area contributed by atoms with Gasteiger partial charge in [-0.25, -0.2) is 8.42 Å². The van der Waals surface area contributed by atoms with Crippen LogP contribution in [0.2, 0.25) is 0 Å². The van der Waals surface area contributed by atoms with E-state index in [1.54, 1.807) is 18.2 Å². The van der Waals surface area contributed by atoms with Crippen LogP contribution in [0.5, 0.6) is 0 Å². The zero-order valence-electron chi connectivity index (χ0n) is 11.6. The largest absolute Gasteiger partial charge is 0.398 e. The summed E-state index contributed by atoms with van der Waals surface area (Å²) in [5, 5.41) is 0. The van der Waals surface area contributed by atoms with Gasteiger partial charge in [-0.1, -0.05) is 37.3 Å². The maximum atomic E-state index is 12.2. The van der Waals surface area contributed by atoms with Crippen LogP contribution in [0.3, 0.4) is 0 Å². The average molecular weight is 369 g/mol. The first-order valence-electron chi connectivity index (χ1n) is 6.48. The maximum absolute atomic E-state index is 12.2. The molecule has 0 amide bonds. The van der Waals surface area contributed by atoms with Crippen LogP contribution in [0.4, 0.5) is 11.4 Å². The molecular formula is C15H17BrN2O2S. The molecule has 1 atom stereocenters. The van der Waals surface area contributed by atoms with Gasteiger partial charge in [0.2, 0.25) is 10.0 Å². The van der Waals surface area contributed by atoms with Crippen molar-refractivity contribution in [2.75, 3.05) is 16.2 Å². The van der Waals surface area contributed by atoms with E-state index in [9.17, 15) is 8.42 Å². The van der Waals surface area contributed by atoms with E-state index < -0.39 is 10.0 Å². The lowest BCUT2D eigenvalue weighted by molar-refractivity contribution is 0.595. The van der Waals surface area contributed by atoms with Gasteiger partial charge in [0.15, 0.2) is 0 Å². The fraction of sp³-hybridized carbons (Fsp3) is 0.200. The fourth-order valence-electron chi connectivity index (χ4n) is 2.04. The van der Waals surface area contributed by atoms with Crippen LogP contribution in [-0.2, 0) is 10.0 Å². The lowest BCUT2D eigenvalue weighted by atomic mass is 10.0. The summed E-state index contributed by atoms with van der Waals surface area (Å²) in [4.78, 5) is 0. The number of nitrogens with one attached hydrogen (secondary N) is 1. The molecule has 112 valence electrons. The quantitative estimate of drug-likeness (QED) is 0.792. The van der Waals surface area contributed by atoms with Gasteiger partial charge in [0.1, 0.15) is 0 Å². The summed E-state index contributed by atoms with van der Waals surface area (Å²) >= 11 is 3.28. The van der Waals surface area contributed by atoms with Crippen LogP contribution in [0.15, 0.2) is 53.0 Å². The first-order valence-corrected chi connectivity index (χ1v) is 8.92. The topological polar surface area (TPSA) is 72.2 Å². The van der Waals surface area contributed by atoms with Gasteiger partial charge in [-0.15, -0.1) is 0 Å². The van der Waals surface area contributed by atoms with E-state index >= 15 is 0 Å². The van der Waals surface area contributed by atoms with Crippen LogP contribution < -0.4 is 10.5 Å². The van der Waals surface area contributed by atoms with Gasteiger partial charge in [0.25, 0.3) is 0 Å². The smallest absolute Gasteiger partial charge is 0.233 e. The van der Waals surface area contributed by atoms with Crippen molar-refractivity contribution in [2.24, 2.45) is 0 Å². The summed E-state index contributed by atoms with van der Waals surface area (Å²) in [5.41, 5.74) is 7.71. The average Bonchev–Trinajstić information content (AvgIpc) is 2.43. The summed E-state index contributed by atoms with van der Waals surface area (Å²) in [5.74, 6) is -0.0658. The number of nitrogens with two attached hydrogens (primary N) is 1. The normalized spacial score (nSPS) is 12.9. The standard InChI is InChI=1S/C15H17BrN2O2S/c1-11(12-5-3-2-4-6-12)10-21(19,20)18-13-7-8-14(16)15(17)9-13/h2-9,11,18H,10,17H2,1H3. The van der Waals surface area contributed by atoms with Crippen LogP contribution in [0, 0.1) is 0 Å². The Morgan fingerprint density at radius 2 is 1.86 bits per heavy atom. The van der Waals surface area contributed by atoms with Gasteiger partial charge in [0.05, 0.1) is 11.4 Å². The molecule has 0 aliphatic rings. The molecule has 0 saturated heterocycles. The highest BCUT2D eigenvalue weighted by Crippen LogP contribution is 2.24. The van der Waals surface area contributed by atoms with E-state index in [-0.39, 0.29) is 11.7 Å². The molecule has 0 saturated carbocycles. The Bertz CT molecular complexity index is 718. The summed E-state index contributed by atoms with van der Waals surface area (Å²) in [6, 6.07) is 14.6. The Morgan fingerprint density at radius 1 is 1.19 bits per heavy atom. The molecule has 2 aromatic rings. The second kappa shape index (κ2) is 6.49. The molecule has 1 unspecified atom stereocenters. The van der Waals surface area contributed by atoms with Crippen molar-refractivity contribution in [1.82, 2.24) is 0 Å². The van der Waals surface area contributed by atoms with Crippen molar-refractivity contribution in [1.29, 1.82) is 0 Å². The number of nitrogen functional groups attached to an aromatic ring is 1. The van der Waals surface area contributed by atoms with Gasteiger partial charge in [-0.2, -0.15) is 0 Å². The summed E-state index contributed by atoms with van der Waals surface area (Å²) in [6.45, 7) is 1.89. The molecule has 0 heterocycles. The predicted octanol–water partition coefficient (Wildman–Crippen LogP) is 3.58. The van der Waals surface area contributed by atoms with Gasteiger partial charge in [-0.05, 0) is 45.6 Å². The Balaban J connectivity index is 2.10. The van der Waals surface area contributed by atoms with Crippen molar-refractivity contribution < 1.29 is 8.42 Å². The second-order valence-corrected chi connectivity index (χ2v) is 7.55. The molecule has 2 rings (SSSR count). The maximum Gasteiger partial charge on any atom is 0.233 e. The third kappa shape index (κ3) is 4.47. The van der Waals surface area contributed by atoms with Crippen molar-refractivity contribution in [3.63, 3.8) is 0 Å². The molecule has 0 fully saturated rings.